The molecular formula is C23H33NO4S. The Hall–Kier alpha value is -2.18. The van der Waals surface area contributed by atoms with E-state index in [-0.39, 0.29) is 0 Å². The molecule has 0 aliphatic carbocycles. The Balaban J connectivity index is 0.000000454. The normalized spacial score (nSPS) is 11.8. The molecule has 0 aromatic heterocycles. The van der Waals surface area contributed by atoms with Crippen LogP contribution in [0.5, 0.6) is 5.75 Å². The highest BCUT2D eigenvalue weighted by Gasteiger charge is 2.16. The smallest absolute Gasteiger partial charge is 0.339 e. The number of aryl methyl sites for hydroxylation is 1. The molecule has 1 aliphatic rings. The summed E-state index contributed by atoms with van der Waals surface area (Å²) in [6, 6.07) is 17.1. The monoisotopic (exact) mass is 419 g/mol. The van der Waals surface area contributed by atoms with E-state index in [2.05, 4.69) is 70.1 Å². The van der Waals surface area contributed by atoms with E-state index in [0.717, 1.165) is 37.6 Å². The number of nitrogens with zero attached hydrogens (tertiary/aromatic N) is 1. The number of para-hydroxylation sites is 1. The van der Waals surface area contributed by atoms with Gasteiger partial charge in [0.1, 0.15) is 12.4 Å². The molecule has 1 aliphatic heterocycles. The van der Waals surface area contributed by atoms with E-state index >= 15 is 0 Å². The molecule has 0 radical (unpaired) electrons. The molecule has 0 spiro atoms. The van der Waals surface area contributed by atoms with Crippen molar-refractivity contribution in [1.82, 2.24) is 0 Å². The minimum absolute atomic E-state index is 0.433. The Morgan fingerprint density at radius 1 is 1.10 bits per heavy atom. The van der Waals surface area contributed by atoms with Gasteiger partial charge in [-0.2, -0.15) is 4.89 Å². The zero-order chi connectivity index (χ0) is 21.5. The molecule has 3 rings (SSSR count). The number of hydrogen-bond donors (Lipinski definition) is 0. The Labute approximate surface area is 179 Å². The van der Waals surface area contributed by atoms with Crippen LogP contribution in [0, 0.1) is 0 Å². The molecule has 29 heavy (non-hydrogen) atoms. The van der Waals surface area contributed by atoms with E-state index in [0.29, 0.717) is 0 Å². The summed E-state index contributed by atoms with van der Waals surface area (Å²) < 4.78 is 5.87. The van der Waals surface area contributed by atoms with Gasteiger partial charge in [-0.25, -0.2) is 4.79 Å². The standard InChI is InChI=1S/C18H21NOS.C3H6O3.C2H6/c1-2-15-7-9-16(10-8-15)20-13-11-19-12-14-21-18-6-4-3-5-17(18)19;1-3(4)6-5-2;1-2/h3-10H,2,11-14H2,1H3;1-2H3;1-2H3. The van der Waals surface area contributed by atoms with Crippen LogP contribution in [0.2, 0.25) is 0 Å². The molecule has 0 atom stereocenters. The molecule has 0 saturated heterocycles. The molecule has 1 heterocycles. The van der Waals surface area contributed by atoms with Crippen LogP contribution in [-0.4, -0.2) is 38.5 Å². The molecule has 0 bridgehead atoms. The number of ether oxygens (including phenoxy) is 1. The summed E-state index contributed by atoms with van der Waals surface area (Å²) in [5, 5.41) is 0. The van der Waals surface area contributed by atoms with E-state index < -0.39 is 5.97 Å². The van der Waals surface area contributed by atoms with Gasteiger partial charge in [0.05, 0.1) is 19.3 Å². The van der Waals surface area contributed by atoms with Gasteiger partial charge in [-0.05, 0) is 36.2 Å². The third-order valence-electron chi connectivity index (χ3n) is 3.99. The fraction of sp³-hybridized carbons (Fsp3) is 0.435. The van der Waals surface area contributed by atoms with Crippen LogP contribution in [0.3, 0.4) is 0 Å². The van der Waals surface area contributed by atoms with Gasteiger partial charge in [0.25, 0.3) is 0 Å². The molecule has 6 heteroatoms. The highest BCUT2D eigenvalue weighted by molar-refractivity contribution is 7.99. The molecule has 0 fully saturated rings. The number of rotatable bonds is 6. The van der Waals surface area contributed by atoms with E-state index in [1.807, 2.05) is 25.6 Å². The maximum Gasteiger partial charge on any atom is 0.339 e. The summed E-state index contributed by atoms with van der Waals surface area (Å²) >= 11 is 1.94. The number of carbonyl (C=O) groups is 1. The first-order valence-corrected chi connectivity index (χ1v) is 11.0. The zero-order valence-corrected chi connectivity index (χ0v) is 19.0. The van der Waals surface area contributed by atoms with Crippen molar-refractivity contribution in [1.29, 1.82) is 0 Å². The summed E-state index contributed by atoms with van der Waals surface area (Å²) in [5.41, 5.74) is 2.70. The van der Waals surface area contributed by atoms with Gasteiger partial charge in [-0.1, -0.05) is 45.0 Å². The summed E-state index contributed by atoms with van der Waals surface area (Å²) in [6.07, 6.45) is 1.07. The second kappa shape index (κ2) is 14.8. The number of benzene rings is 2. The quantitative estimate of drug-likeness (QED) is 0.463. The molecule has 0 N–H and O–H groups in total. The fourth-order valence-electron chi connectivity index (χ4n) is 2.67. The summed E-state index contributed by atoms with van der Waals surface area (Å²) in [6.45, 7) is 10.2. The minimum atomic E-state index is -0.433. The Morgan fingerprint density at radius 2 is 1.79 bits per heavy atom. The Morgan fingerprint density at radius 3 is 2.38 bits per heavy atom. The molecular weight excluding hydrogens is 386 g/mol. The second-order valence-electron chi connectivity index (χ2n) is 5.89. The lowest BCUT2D eigenvalue weighted by Crippen LogP contribution is -2.33. The largest absolute Gasteiger partial charge is 0.492 e. The average molecular weight is 420 g/mol. The van der Waals surface area contributed by atoms with E-state index in [9.17, 15) is 4.79 Å². The van der Waals surface area contributed by atoms with Gasteiger partial charge in [0, 0.05) is 24.1 Å². The van der Waals surface area contributed by atoms with Crippen molar-refractivity contribution in [2.75, 3.05) is 37.5 Å². The van der Waals surface area contributed by atoms with Crippen molar-refractivity contribution in [2.45, 2.75) is 39.0 Å². The molecule has 0 unspecified atom stereocenters. The van der Waals surface area contributed by atoms with Gasteiger partial charge < -0.3 is 9.64 Å². The predicted octanol–water partition coefficient (Wildman–Crippen LogP) is 5.38. The van der Waals surface area contributed by atoms with Crippen LogP contribution < -0.4 is 9.64 Å². The lowest BCUT2D eigenvalue weighted by Gasteiger charge is -2.30. The number of hydrogen-bond acceptors (Lipinski definition) is 6. The van der Waals surface area contributed by atoms with Crippen molar-refractivity contribution in [2.24, 2.45) is 0 Å². The van der Waals surface area contributed by atoms with E-state index in [4.69, 9.17) is 4.74 Å². The number of carbonyl (C=O) groups excluding carboxylic acids is 1. The maximum atomic E-state index is 9.70. The molecule has 0 saturated carbocycles. The van der Waals surface area contributed by atoms with Crippen LogP contribution in [0.4, 0.5) is 5.69 Å². The lowest BCUT2D eigenvalue weighted by molar-refractivity contribution is -0.252. The molecule has 2 aromatic rings. The molecule has 0 amide bonds. The Kier molecular flexibility index (Phi) is 12.7. The highest BCUT2D eigenvalue weighted by Crippen LogP contribution is 2.33. The van der Waals surface area contributed by atoms with Crippen LogP contribution in [-0.2, 0) is 21.0 Å². The summed E-state index contributed by atoms with van der Waals surface area (Å²) in [4.78, 5) is 21.4. The van der Waals surface area contributed by atoms with Crippen LogP contribution in [0.25, 0.3) is 0 Å². The second-order valence-corrected chi connectivity index (χ2v) is 7.03. The first kappa shape index (κ1) is 24.9. The maximum absolute atomic E-state index is 9.70. The molecule has 160 valence electrons. The highest BCUT2D eigenvalue weighted by atomic mass is 32.2. The van der Waals surface area contributed by atoms with Gasteiger partial charge in [0.2, 0.25) is 0 Å². The van der Waals surface area contributed by atoms with E-state index in [1.165, 1.54) is 30.2 Å². The van der Waals surface area contributed by atoms with Crippen molar-refractivity contribution in [3.8, 4) is 5.75 Å². The number of fused-ring (bicyclic) bond motifs is 1. The average Bonchev–Trinajstić information content (AvgIpc) is 2.76. The summed E-state index contributed by atoms with van der Waals surface area (Å²) in [7, 11) is 1.28. The summed E-state index contributed by atoms with van der Waals surface area (Å²) in [5.74, 6) is 1.69. The zero-order valence-electron chi connectivity index (χ0n) is 18.1. The third kappa shape index (κ3) is 9.24. The first-order valence-electron chi connectivity index (χ1n) is 10.0. The van der Waals surface area contributed by atoms with E-state index in [1.54, 1.807) is 0 Å². The van der Waals surface area contributed by atoms with Gasteiger partial charge in [0.15, 0.2) is 0 Å². The third-order valence-corrected chi connectivity index (χ3v) is 5.03. The topological polar surface area (TPSA) is 48.0 Å². The number of anilines is 1. The van der Waals surface area contributed by atoms with Crippen molar-refractivity contribution >= 4 is 23.4 Å². The Bertz CT molecular complexity index is 706. The van der Waals surface area contributed by atoms with Crippen LogP contribution >= 0.6 is 11.8 Å². The minimum Gasteiger partial charge on any atom is -0.492 e. The number of thioether (sulfide) groups is 1. The van der Waals surface area contributed by atoms with Gasteiger partial charge >= 0.3 is 5.97 Å². The van der Waals surface area contributed by atoms with Gasteiger partial charge in [-0.15, -0.1) is 11.8 Å². The van der Waals surface area contributed by atoms with Crippen LogP contribution in [0.1, 0.15) is 33.3 Å². The first-order chi connectivity index (χ1) is 14.1. The molecule has 5 nitrogen and oxygen atoms in total. The predicted molar refractivity (Wildman–Crippen MR) is 121 cm³/mol. The molecule has 2 aromatic carbocycles. The van der Waals surface area contributed by atoms with Crippen LogP contribution in [0.15, 0.2) is 53.4 Å². The SMILES string of the molecule is CC.CCc1ccc(OCCN2CCSc3ccccc32)cc1.COOC(C)=O. The fourth-order valence-corrected chi connectivity index (χ4v) is 3.72. The lowest BCUT2D eigenvalue weighted by atomic mass is 10.2. The van der Waals surface area contributed by atoms with Crippen molar-refractivity contribution < 1.29 is 19.3 Å². The van der Waals surface area contributed by atoms with Crippen molar-refractivity contribution in [3.63, 3.8) is 0 Å². The van der Waals surface area contributed by atoms with Gasteiger partial charge in [-0.3, -0.25) is 4.89 Å². The van der Waals surface area contributed by atoms with Crippen molar-refractivity contribution in [3.05, 3.63) is 54.1 Å².